The van der Waals surface area contributed by atoms with Crippen LogP contribution in [0.1, 0.15) is 0 Å². The van der Waals surface area contributed by atoms with Crippen LogP contribution < -0.4 is 0 Å². The molecule has 0 aliphatic rings. The van der Waals surface area contributed by atoms with Crippen molar-refractivity contribution in [2.75, 3.05) is 0 Å². The van der Waals surface area contributed by atoms with Crippen LogP contribution in [0.2, 0.25) is 0 Å². The van der Waals surface area contributed by atoms with Gasteiger partial charge in [0.05, 0.1) is 0 Å². The van der Waals surface area contributed by atoms with E-state index in [0.717, 1.165) is 0 Å². The summed E-state index contributed by atoms with van der Waals surface area (Å²) in [7, 11) is 0. The number of rotatable bonds is 0. The molecule has 0 saturated heterocycles. The molecular weight excluding hydrogens is 177 g/mol. The first-order chi connectivity index (χ1) is 1.00. The van der Waals surface area contributed by atoms with E-state index in [2.05, 4.69) is 0 Å². The van der Waals surface area contributed by atoms with E-state index in [1.165, 1.54) is 0 Å². The van der Waals surface area contributed by atoms with Gasteiger partial charge in [0.1, 0.15) is 0 Å². The van der Waals surface area contributed by atoms with E-state index in [-0.39, 0.29) is 38.7 Å². The van der Waals surface area contributed by atoms with Gasteiger partial charge in [0, 0.05) is 33.3 Å². The molecule has 37 valence electrons. The fourth-order valence-electron chi connectivity index (χ4n) is 0. The SMILES string of the molecule is O.[Co].[Ni].[O]=[AlH]. The topological polar surface area (TPSA) is 48.6 Å². The number of hydrogen-bond donors (Lipinski definition) is 0. The van der Waals surface area contributed by atoms with Crippen LogP contribution in [-0.2, 0) is 37.1 Å². The summed E-state index contributed by atoms with van der Waals surface area (Å²) in [4.78, 5) is 0. The Hall–Kier alpha value is 1.29. The van der Waals surface area contributed by atoms with E-state index < -0.39 is 0 Å². The maximum atomic E-state index is 8.28. The van der Waals surface area contributed by atoms with Crippen LogP contribution >= 0.6 is 0 Å². The second kappa shape index (κ2) is 58.4. The van der Waals surface area contributed by atoms with Crippen molar-refractivity contribution in [2.24, 2.45) is 0 Å². The fourth-order valence-corrected chi connectivity index (χ4v) is 0. The summed E-state index contributed by atoms with van der Waals surface area (Å²) in [5, 5.41) is 0. The van der Waals surface area contributed by atoms with Gasteiger partial charge in [-0.3, -0.25) is 0 Å². The van der Waals surface area contributed by atoms with Crippen molar-refractivity contribution < 1.29 is 42.5 Å². The van der Waals surface area contributed by atoms with Gasteiger partial charge in [0.25, 0.3) is 0 Å². The Kier molecular flexibility index (Phi) is 392. The maximum absolute atomic E-state index is 8.28. The average molecular weight is 180 g/mol. The van der Waals surface area contributed by atoms with Gasteiger partial charge >= 0.3 is 20.0 Å². The van der Waals surface area contributed by atoms with Gasteiger partial charge in [-0.15, -0.1) is 0 Å². The Bertz CT molecular complexity index is 9.61. The molecule has 0 amide bonds. The first-order valence-corrected chi connectivity index (χ1v) is 0.866. The van der Waals surface area contributed by atoms with Crippen molar-refractivity contribution in [3.63, 3.8) is 0 Å². The Morgan fingerprint density at radius 2 is 1.20 bits per heavy atom. The van der Waals surface area contributed by atoms with Crippen molar-refractivity contribution in [1.29, 1.82) is 0 Å². The number of hydrogen-bond acceptors (Lipinski definition) is 1. The van der Waals surface area contributed by atoms with Gasteiger partial charge in [-0.25, -0.2) is 0 Å². The van der Waals surface area contributed by atoms with Gasteiger partial charge in [0.15, 0.2) is 0 Å². The molecule has 0 fully saturated rings. The monoisotopic (exact) mass is 179 g/mol. The molecule has 0 saturated carbocycles. The summed E-state index contributed by atoms with van der Waals surface area (Å²) < 4.78 is 8.28. The second-order valence-electron chi connectivity index (χ2n) is 0. The molecule has 0 aliphatic carbocycles. The molecule has 0 aliphatic heterocycles. The van der Waals surface area contributed by atoms with Crippen LogP contribution in [0.4, 0.5) is 0 Å². The van der Waals surface area contributed by atoms with Gasteiger partial charge < -0.3 is 5.48 Å². The molecule has 0 spiro atoms. The quantitative estimate of drug-likeness (QED) is 0.414. The van der Waals surface area contributed by atoms with E-state index in [0.29, 0.717) is 16.2 Å². The molecule has 5 heavy (non-hydrogen) atoms. The fraction of sp³-hybridized carbons (Fsp3) is 0. The van der Waals surface area contributed by atoms with E-state index in [4.69, 9.17) is 3.80 Å². The van der Waals surface area contributed by atoms with E-state index >= 15 is 0 Å². The zero-order chi connectivity index (χ0) is 2.00. The van der Waals surface area contributed by atoms with Crippen molar-refractivity contribution in [3.05, 3.63) is 0 Å². The molecule has 2 N–H and O–H groups in total. The van der Waals surface area contributed by atoms with E-state index in [1.807, 2.05) is 0 Å². The van der Waals surface area contributed by atoms with Crippen molar-refractivity contribution in [1.82, 2.24) is 0 Å². The van der Waals surface area contributed by atoms with Crippen LogP contribution in [0, 0.1) is 0 Å². The molecule has 2 nitrogen and oxygen atoms in total. The molecule has 0 rings (SSSR count). The summed E-state index contributed by atoms with van der Waals surface area (Å²) in [5.41, 5.74) is 0. The van der Waals surface area contributed by atoms with Crippen LogP contribution in [0.3, 0.4) is 0 Å². The van der Waals surface area contributed by atoms with Gasteiger partial charge in [-0.1, -0.05) is 0 Å². The molecule has 0 aromatic carbocycles. The molecule has 0 aromatic heterocycles. The Balaban J connectivity index is -0.00000000167. The van der Waals surface area contributed by atoms with Crippen LogP contribution in [0.15, 0.2) is 0 Å². The Morgan fingerprint density at radius 1 is 1.20 bits per heavy atom. The molecule has 0 unspecified atom stereocenters. The zero-order valence-electron chi connectivity index (χ0n) is 2.26. The molecule has 5 heteroatoms. The zero-order valence-corrected chi connectivity index (χ0v) is 5.71. The third-order valence-corrected chi connectivity index (χ3v) is 0. The normalized spacial score (nSPS) is 0.600. The first-order valence-electron chi connectivity index (χ1n) is 0.289. The predicted octanol–water partition coefficient (Wildman–Crippen LogP) is -1.60. The molecule has 0 heterocycles. The van der Waals surface area contributed by atoms with E-state index in [9.17, 15) is 0 Å². The molecule has 0 atom stereocenters. The van der Waals surface area contributed by atoms with E-state index in [1.54, 1.807) is 0 Å². The van der Waals surface area contributed by atoms with Crippen LogP contribution in [0.25, 0.3) is 0 Å². The van der Waals surface area contributed by atoms with Crippen molar-refractivity contribution in [3.8, 4) is 0 Å². The molecule has 0 aromatic rings. The van der Waals surface area contributed by atoms with Crippen LogP contribution in [0.5, 0.6) is 0 Å². The van der Waals surface area contributed by atoms with Crippen molar-refractivity contribution >= 4 is 16.2 Å². The van der Waals surface area contributed by atoms with Crippen LogP contribution in [-0.4, -0.2) is 21.7 Å². The Labute approximate surface area is 58.8 Å². The first kappa shape index (κ1) is 33.5. The summed E-state index contributed by atoms with van der Waals surface area (Å²) in [6.45, 7) is 0. The molecule has 0 bridgehead atoms. The standard InChI is InChI=1S/Al.Co.Ni.H2O.O.H/h;;;1H2;;. The second-order valence-corrected chi connectivity index (χ2v) is 0. The summed E-state index contributed by atoms with van der Waals surface area (Å²) in [5.74, 6) is 0. The third-order valence-electron chi connectivity index (χ3n) is 0. The minimum atomic E-state index is 0. The van der Waals surface area contributed by atoms with Gasteiger partial charge in [-0.2, -0.15) is 0 Å². The summed E-state index contributed by atoms with van der Waals surface area (Å²) in [6.07, 6.45) is 0. The third kappa shape index (κ3) is 34.3. The van der Waals surface area contributed by atoms with Gasteiger partial charge in [0.2, 0.25) is 0 Å². The summed E-state index contributed by atoms with van der Waals surface area (Å²) >= 11 is 0.611. The Morgan fingerprint density at radius 3 is 1.20 bits per heavy atom. The minimum absolute atomic E-state index is 0. The average Bonchev–Trinajstić information content (AvgIpc) is 1.00. The van der Waals surface area contributed by atoms with Gasteiger partial charge in [-0.05, 0) is 0 Å². The molecular formula is H3AlCoNiO2. The predicted molar refractivity (Wildman–Crippen MR) is 11.4 cm³/mol. The van der Waals surface area contributed by atoms with Crippen molar-refractivity contribution in [2.45, 2.75) is 0 Å². The molecule has 1 radical (unpaired) electrons. The summed E-state index contributed by atoms with van der Waals surface area (Å²) in [6, 6.07) is 0.